The monoisotopic (exact) mass is 358 g/mol. The number of rotatable bonds is 8. The number of likely N-dealkylation sites (tertiary alicyclic amines) is 1. The number of carbonyl (C=O) groups excluding carboxylic acids is 2. The molecule has 1 aliphatic rings. The number of anilines is 1. The highest BCUT2D eigenvalue weighted by Gasteiger charge is 2.19. The first-order chi connectivity index (χ1) is 12.2. The Morgan fingerprint density at radius 2 is 2.12 bits per heavy atom. The maximum absolute atomic E-state index is 12.1. The zero-order chi connectivity index (χ0) is 17.5. The van der Waals surface area contributed by atoms with Crippen LogP contribution in [-0.4, -0.2) is 41.3 Å². The molecule has 0 aliphatic carbocycles. The number of nitrogens with one attached hydrogen (secondary N) is 2. The fourth-order valence-electron chi connectivity index (χ4n) is 2.73. The molecule has 0 bridgehead atoms. The lowest BCUT2D eigenvalue weighted by molar-refractivity contribution is -0.127. The first-order valence-electron chi connectivity index (χ1n) is 8.51. The van der Waals surface area contributed by atoms with E-state index < -0.39 is 0 Å². The molecule has 7 heteroatoms. The average Bonchev–Trinajstić information content (AvgIpc) is 3.27. The highest BCUT2D eigenvalue weighted by Crippen LogP contribution is 2.16. The van der Waals surface area contributed by atoms with Gasteiger partial charge in [0, 0.05) is 38.0 Å². The van der Waals surface area contributed by atoms with Crippen molar-refractivity contribution in [1.29, 1.82) is 0 Å². The van der Waals surface area contributed by atoms with Gasteiger partial charge < -0.3 is 15.5 Å². The second-order valence-corrected chi connectivity index (χ2v) is 6.83. The van der Waals surface area contributed by atoms with Crippen LogP contribution in [0, 0.1) is 0 Å². The van der Waals surface area contributed by atoms with Gasteiger partial charge in [-0.2, -0.15) is 0 Å². The molecule has 2 aromatic rings. The van der Waals surface area contributed by atoms with Crippen LogP contribution in [0.4, 0.5) is 5.13 Å². The molecule has 25 heavy (non-hydrogen) atoms. The van der Waals surface area contributed by atoms with E-state index >= 15 is 0 Å². The molecular weight excluding hydrogens is 336 g/mol. The minimum absolute atomic E-state index is 0.171. The van der Waals surface area contributed by atoms with Crippen LogP contribution in [0.2, 0.25) is 0 Å². The standard InChI is InChI=1S/C18H22N4O2S/c23-16-8-4-10-22(16)11-5-9-19-18-21-15(13-25-18)17(24)20-12-14-6-2-1-3-7-14/h1-3,6-7,13H,4-5,8-12H2,(H,19,21)(H,20,24). The molecule has 1 aliphatic heterocycles. The maximum atomic E-state index is 12.1. The molecule has 1 saturated heterocycles. The van der Waals surface area contributed by atoms with Crippen molar-refractivity contribution in [3.8, 4) is 0 Å². The highest BCUT2D eigenvalue weighted by molar-refractivity contribution is 7.13. The summed E-state index contributed by atoms with van der Waals surface area (Å²) in [5.41, 5.74) is 1.49. The first-order valence-corrected chi connectivity index (χ1v) is 9.39. The largest absolute Gasteiger partial charge is 0.361 e. The Hall–Kier alpha value is -2.41. The molecule has 2 heterocycles. The summed E-state index contributed by atoms with van der Waals surface area (Å²) in [6, 6.07) is 9.78. The minimum Gasteiger partial charge on any atom is -0.361 e. The lowest BCUT2D eigenvalue weighted by Gasteiger charge is -2.14. The molecule has 3 rings (SSSR count). The molecule has 0 spiro atoms. The number of nitrogens with zero attached hydrogens (tertiary/aromatic N) is 2. The van der Waals surface area contributed by atoms with Crippen LogP contribution in [0.1, 0.15) is 35.3 Å². The van der Waals surface area contributed by atoms with Gasteiger partial charge in [0.25, 0.3) is 5.91 Å². The van der Waals surface area contributed by atoms with Gasteiger partial charge in [0.05, 0.1) is 0 Å². The Morgan fingerprint density at radius 1 is 1.28 bits per heavy atom. The van der Waals surface area contributed by atoms with Gasteiger partial charge in [-0.1, -0.05) is 30.3 Å². The summed E-state index contributed by atoms with van der Waals surface area (Å²) < 4.78 is 0. The van der Waals surface area contributed by atoms with E-state index in [0.717, 1.165) is 43.2 Å². The van der Waals surface area contributed by atoms with Crippen molar-refractivity contribution in [2.45, 2.75) is 25.8 Å². The molecule has 132 valence electrons. The zero-order valence-electron chi connectivity index (χ0n) is 14.0. The van der Waals surface area contributed by atoms with Crippen molar-refractivity contribution in [3.05, 3.63) is 47.0 Å². The van der Waals surface area contributed by atoms with Gasteiger partial charge in [0.15, 0.2) is 5.13 Å². The van der Waals surface area contributed by atoms with E-state index in [-0.39, 0.29) is 11.8 Å². The van der Waals surface area contributed by atoms with E-state index in [1.807, 2.05) is 35.2 Å². The van der Waals surface area contributed by atoms with E-state index in [2.05, 4.69) is 15.6 Å². The Labute approximate surface area is 151 Å². The third-order valence-corrected chi connectivity index (χ3v) is 4.89. The van der Waals surface area contributed by atoms with Gasteiger partial charge in [0.2, 0.25) is 5.91 Å². The van der Waals surface area contributed by atoms with Crippen LogP contribution in [0.25, 0.3) is 0 Å². The topological polar surface area (TPSA) is 74.3 Å². The van der Waals surface area contributed by atoms with Crippen molar-refractivity contribution >= 4 is 28.3 Å². The quantitative estimate of drug-likeness (QED) is 0.711. The van der Waals surface area contributed by atoms with Crippen molar-refractivity contribution in [2.75, 3.05) is 25.0 Å². The number of benzene rings is 1. The predicted octanol–water partition coefficient (Wildman–Crippen LogP) is 2.50. The Bertz CT molecular complexity index is 717. The summed E-state index contributed by atoms with van der Waals surface area (Å²) in [4.78, 5) is 29.9. The Kier molecular flexibility index (Phi) is 6.00. The summed E-state index contributed by atoms with van der Waals surface area (Å²) in [5, 5.41) is 8.58. The Balaban J connectivity index is 1.39. The summed E-state index contributed by atoms with van der Waals surface area (Å²) in [5.74, 6) is 0.0856. The van der Waals surface area contributed by atoms with Crippen LogP contribution < -0.4 is 10.6 Å². The molecule has 2 amide bonds. The smallest absolute Gasteiger partial charge is 0.271 e. The van der Waals surface area contributed by atoms with Crippen LogP contribution >= 0.6 is 11.3 Å². The van der Waals surface area contributed by atoms with Gasteiger partial charge in [-0.3, -0.25) is 9.59 Å². The fourth-order valence-corrected chi connectivity index (χ4v) is 3.45. The second kappa shape index (κ2) is 8.62. The van der Waals surface area contributed by atoms with Gasteiger partial charge in [-0.15, -0.1) is 11.3 Å². The normalized spacial score (nSPS) is 13.9. The highest BCUT2D eigenvalue weighted by atomic mass is 32.1. The molecule has 0 unspecified atom stereocenters. The van der Waals surface area contributed by atoms with E-state index in [4.69, 9.17) is 0 Å². The van der Waals surface area contributed by atoms with E-state index in [1.54, 1.807) is 5.38 Å². The van der Waals surface area contributed by atoms with E-state index in [0.29, 0.717) is 18.7 Å². The lowest BCUT2D eigenvalue weighted by Crippen LogP contribution is -2.27. The van der Waals surface area contributed by atoms with Gasteiger partial charge in [-0.25, -0.2) is 4.98 Å². The van der Waals surface area contributed by atoms with Gasteiger partial charge in [-0.05, 0) is 18.4 Å². The molecule has 1 aromatic heterocycles. The summed E-state index contributed by atoms with van der Waals surface area (Å²) in [6.07, 6.45) is 2.53. The number of amides is 2. The molecule has 0 atom stereocenters. The SMILES string of the molecule is O=C(NCc1ccccc1)c1csc(NCCCN2CCCC2=O)n1. The first kappa shape index (κ1) is 17.4. The number of thiazole rings is 1. The lowest BCUT2D eigenvalue weighted by atomic mass is 10.2. The zero-order valence-corrected chi connectivity index (χ0v) is 14.8. The third-order valence-electron chi connectivity index (χ3n) is 4.09. The molecule has 0 saturated carbocycles. The van der Waals surface area contributed by atoms with Crippen molar-refractivity contribution in [2.24, 2.45) is 0 Å². The van der Waals surface area contributed by atoms with E-state index in [1.165, 1.54) is 11.3 Å². The summed E-state index contributed by atoms with van der Waals surface area (Å²) in [6.45, 7) is 2.88. The molecule has 6 nitrogen and oxygen atoms in total. The van der Waals surface area contributed by atoms with Crippen molar-refractivity contribution in [3.63, 3.8) is 0 Å². The van der Waals surface area contributed by atoms with Crippen LogP contribution in [0.15, 0.2) is 35.7 Å². The summed E-state index contributed by atoms with van der Waals surface area (Å²) in [7, 11) is 0. The van der Waals surface area contributed by atoms with Gasteiger partial charge in [0.1, 0.15) is 5.69 Å². The second-order valence-electron chi connectivity index (χ2n) is 5.97. The average molecular weight is 358 g/mol. The Morgan fingerprint density at radius 3 is 2.88 bits per heavy atom. The number of hydrogen-bond donors (Lipinski definition) is 2. The molecular formula is C18H22N4O2S. The molecule has 0 radical (unpaired) electrons. The molecule has 1 fully saturated rings. The predicted molar refractivity (Wildman–Crippen MR) is 98.6 cm³/mol. The maximum Gasteiger partial charge on any atom is 0.271 e. The van der Waals surface area contributed by atoms with Crippen molar-refractivity contribution in [1.82, 2.24) is 15.2 Å². The third kappa shape index (κ3) is 5.03. The number of hydrogen-bond acceptors (Lipinski definition) is 5. The number of carbonyl (C=O) groups is 2. The molecule has 1 aromatic carbocycles. The van der Waals surface area contributed by atoms with Crippen LogP contribution in [0.5, 0.6) is 0 Å². The fraction of sp³-hybridized carbons (Fsp3) is 0.389. The van der Waals surface area contributed by atoms with Crippen LogP contribution in [-0.2, 0) is 11.3 Å². The van der Waals surface area contributed by atoms with Crippen LogP contribution in [0.3, 0.4) is 0 Å². The van der Waals surface area contributed by atoms with Crippen molar-refractivity contribution < 1.29 is 9.59 Å². The summed E-state index contributed by atoms with van der Waals surface area (Å²) >= 11 is 1.42. The van der Waals surface area contributed by atoms with E-state index in [9.17, 15) is 9.59 Å². The minimum atomic E-state index is -0.171. The molecule has 2 N–H and O–H groups in total. The number of aromatic nitrogens is 1. The van der Waals surface area contributed by atoms with Gasteiger partial charge >= 0.3 is 0 Å².